The van der Waals surface area contributed by atoms with Crippen LogP contribution in [-0.2, 0) is 20.6 Å². The second-order valence-electron chi connectivity index (χ2n) is 9.72. The Bertz CT molecular complexity index is 1190. The second kappa shape index (κ2) is 15.4. The first-order chi connectivity index (χ1) is 18.4. The summed E-state index contributed by atoms with van der Waals surface area (Å²) in [7, 11) is -3.78. The molecule has 204 valence electrons. The smallest absolute Gasteiger partial charge is 0.238 e. The Hall–Kier alpha value is -3.00. The van der Waals surface area contributed by atoms with Crippen molar-refractivity contribution in [3.05, 3.63) is 108 Å². The van der Waals surface area contributed by atoms with E-state index in [2.05, 4.69) is 17.0 Å². The number of carbonyl (C=O) groups is 1. The number of sulfonamides is 1. The summed E-state index contributed by atoms with van der Waals surface area (Å²) in [6, 6.07) is 25.7. The van der Waals surface area contributed by atoms with Crippen molar-refractivity contribution in [1.82, 2.24) is 10.0 Å². The van der Waals surface area contributed by atoms with E-state index in [0.717, 1.165) is 37.7 Å². The molecule has 3 aromatic rings. The summed E-state index contributed by atoms with van der Waals surface area (Å²) in [4.78, 5) is 13.6. The number of carbonyl (C=O) groups excluding carboxylic acids is 1. The van der Waals surface area contributed by atoms with Gasteiger partial charge in [-0.3, -0.25) is 4.79 Å². The van der Waals surface area contributed by atoms with Crippen molar-refractivity contribution in [2.24, 2.45) is 0 Å². The highest BCUT2D eigenvalue weighted by molar-refractivity contribution is 7.88. The Balaban J connectivity index is 1.78. The van der Waals surface area contributed by atoms with Crippen molar-refractivity contribution in [2.45, 2.75) is 75.8 Å². The van der Waals surface area contributed by atoms with Crippen LogP contribution in [0.25, 0.3) is 0 Å². The number of hydrogen-bond acceptors (Lipinski definition) is 4. The van der Waals surface area contributed by atoms with E-state index in [-0.39, 0.29) is 5.75 Å². The minimum atomic E-state index is -3.78. The fraction of sp³-hybridized carbons (Fsp3) is 0.387. The van der Waals surface area contributed by atoms with Crippen LogP contribution < -0.4 is 10.0 Å². The number of nitrogens with one attached hydrogen (secondary N) is 2. The maximum atomic E-state index is 13.6. The van der Waals surface area contributed by atoms with E-state index in [1.54, 1.807) is 24.3 Å². The molecular formula is C31H40N2O4S. The largest absolute Gasteiger partial charge is 0.386 e. The lowest BCUT2D eigenvalue weighted by Gasteiger charge is -2.28. The number of aliphatic hydroxyl groups excluding tert-OH is 1. The van der Waals surface area contributed by atoms with Crippen molar-refractivity contribution >= 4 is 15.9 Å². The molecule has 0 heterocycles. The first-order valence-electron chi connectivity index (χ1n) is 13.5. The van der Waals surface area contributed by atoms with Crippen LogP contribution in [0, 0.1) is 0 Å². The first kappa shape index (κ1) is 29.6. The molecule has 3 aromatic carbocycles. The lowest BCUT2D eigenvalue weighted by molar-refractivity contribution is -0.124. The third kappa shape index (κ3) is 9.71. The van der Waals surface area contributed by atoms with Crippen molar-refractivity contribution < 1.29 is 18.3 Å². The number of aliphatic hydroxyl groups is 1. The predicted octanol–water partition coefficient (Wildman–Crippen LogP) is 5.82. The van der Waals surface area contributed by atoms with Gasteiger partial charge in [0.15, 0.2) is 0 Å². The fourth-order valence-electron chi connectivity index (χ4n) is 4.53. The normalized spacial score (nSPS) is 13.9. The van der Waals surface area contributed by atoms with Gasteiger partial charge < -0.3 is 10.4 Å². The Morgan fingerprint density at radius 2 is 1.29 bits per heavy atom. The number of hydrogen-bond donors (Lipinski definition) is 3. The van der Waals surface area contributed by atoms with Gasteiger partial charge in [-0.2, -0.15) is 0 Å². The van der Waals surface area contributed by atoms with Crippen LogP contribution in [0.5, 0.6) is 0 Å². The van der Waals surface area contributed by atoms with Gasteiger partial charge in [0.05, 0.1) is 11.8 Å². The van der Waals surface area contributed by atoms with Crippen LogP contribution in [0.1, 0.15) is 80.7 Å². The highest BCUT2D eigenvalue weighted by Crippen LogP contribution is 2.29. The molecular weight excluding hydrogens is 496 g/mol. The van der Waals surface area contributed by atoms with Crippen molar-refractivity contribution in [1.29, 1.82) is 0 Å². The Kier molecular flexibility index (Phi) is 12.0. The lowest BCUT2D eigenvalue weighted by atomic mass is 9.95. The standard InChI is InChI=1S/C31H40N2O4S/c1-2-3-4-5-6-16-23-28(33-38(36,37)24-25-17-10-7-11-18-25)31(35)32-29(26-19-12-8-13-20-26)30(34)27-21-14-9-15-22-27/h7-15,17-22,28-30,33-34H,2-6,16,23-24H2,1H3,(H,32,35)/t28?,29-,30+/m0/s1. The van der Waals surface area contributed by atoms with E-state index in [1.165, 1.54) is 6.42 Å². The molecule has 3 atom stereocenters. The SMILES string of the molecule is CCCCCCCCC(NS(=O)(=O)Cc1ccccc1)C(=O)N[C@@H](c1ccccc1)[C@H](O)c1ccccc1. The van der Waals surface area contributed by atoms with Gasteiger partial charge in [0.25, 0.3) is 0 Å². The highest BCUT2D eigenvalue weighted by Gasteiger charge is 2.30. The van der Waals surface area contributed by atoms with E-state index in [0.29, 0.717) is 17.5 Å². The van der Waals surface area contributed by atoms with Gasteiger partial charge in [-0.25, -0.2) is 13.1 Å². The minimum absolute atomic E-state index is 0.205. The molecule has 1 amide bonds. The number of rotatable bonds is 16. The summed E-state index contributed by atoms with van der Waals surface area (Å²) >= 11 is 0. The molecule has 0 aromatic heterocycles. The van der Waals surface area contributed by atoms with Crippen LogP contribution in [-0.4, -0.2) is 25.5 Å². The average molecular weight is 537 g/mol. The van der Waals surface area contributed by atoms with Crippen LogP contribution in [0.15, 0.2) is 91.0 Å². The molecule has 0 aliphatic heterocycles. The molecule has 1 unspecified atom stereocenters. The summed E-state index contributed by atoms with van der Waals surface area (Å²) in [5, 5.41) is 14.2. The van der Waals surface area contributed by atoms with Crippen LogP contribution in [0.4, 0.5) is 0 Å². The monoisotopic (exact) mass is 536 g/mol. The Labute approximate surface area is 227 Å². The zero-order valence-electron chi connectivity index (χ0n) is 22.1. The van der Waals surface area contributed by atoms with Gasteiger partial charge >= 0.3 is 0 Å². The maximum Gasteiger partial charge on any atom is 0.238 e. The van der Waals surface area contributed by atoms with Crippen molar-refractivity contribution in [3.8, 4) is 0 Å². The lowest BCUT2D eigenvalue weighted by Crippen LogP contribution is -2.48. The summed E-state index contributed by atoms with van der Waals surface area (Å²) in [5.41, 5.74) is 2.06. The molecule has 3 rings (SSSR count). The molecule has 0 spiro atoms. The maximum absolute atomic E-state index is 13.6. The molecule has 0 aliphatic rings. The number of unbranched alkanes of at least 4 members (excludes halogenated alkanes) is 5. The summed E-state index contributed by atoms with van der Waals surface area (Å²) in [5.74, 6) is -0.651. The van der Waals surface area contributed by atoms with Gasteiger partial charge in [-0.05, 0) is 23.1 Å². The summed E-state index contributed by atoms with van der Waals surface area (Å²) in [6.45, 7) is 2.16. The minimum Gasteiger partial charge on any atom is -0.386 e. The van der Waals surface area contributed by atoms with Gasteiger partial charge in [0.2, 0.25) is 15.9 Å². The van der Waals surface area contributed by atoms with Crippen LogP contribution >= 0.6 is 0 Å². The third-order valence-corrected chi connectivity index (χ3v) is 7.95. The van der Waals surface area contributed by atoms with E-state index >= 15 is 0 Å². The van der Waals surface area contributed by atoms with Crippen molar-refractivity contribution in [3.63, 3.8) is 0 Å². The van der Waals surface area contributed by atoms with Gasteiger partial charge in [0, 0.05) is 0 Å². The quantitative estimate of drug-likeness (QED) is 0.201. The van der Waals surface area contributed by atoms with Gasteiger partial charge in [-0.15, -0.1) is 0 Å². The van der Waals surface area contributed by atoms with Gasteiger partial charge in [-0.1, -0.05) is 136 Å². The predicted molar refractivity (Wildman–Crippen MR) is 153 cm³/mol. The van der Waals surface area contributed by atoms with E-state index in [1.807, 2.05) is 66.7 Å². The third-order valence-electron chi connectivity index (χ3n) is 6.60. The Morgan fingerprint density at radius 3 is 1.89 bits per heavy atom. The second-order valence-corrected chi connectivity index (χ2v) is 11.5. The molecule has 0 saturated heterocycles. The van der Waals surface area contributed by atoms with E-state index in [4.69, 9.17) is 0 Å². The summed E-state index contributed by atoms with van der Waals surface area (Å²) < 4.78 is 28.8. The average Bonchev–Trinajstić information content (AvgIpc) is 2.93. The van der Waals surface area contributed by atoms with Crippen molar-refractivity contribution in [2.75, 3.05) is 0 Å². The number of benzene rings is 3. The molecule has 3 N–H and O–H groups in total. The van der Waals surface area contributed by atoms with E-state index < -0.39 is 34.1 Å². The van der Waals surface area contributed by atoms with Gasteiger partial charge in [0.1, 0.15) is 12.1 Å². The molecule has 0 radical (unpaired) electrons. The first-order valence-corrected chi connectivity index (χ1v) is 15.2. The van der Waals surface area contributed by atoms with Crippen LogP contribution in [0.2, 0.25) is 0 Å². The molecule has 0 fully saturated rings. The summed E-state index contributed by atoms with van der Waals surface area (Å²) in [6.07, 6.45) is 5.54. The molecule has 6 nitrogen and oxygen atoms in total. The molecule has 0 saturated carbocycles. The number of amides is 1. The molecule has 0 aliphatic carbocycles. The molecule has 38 heavy (non-hydrogen) atoms. The van der Waals surface area contributed by atoms with E-state index in [9.17, 15) is 18.3 Å². The topological polar surface area (TPSA) is 95.5 Å². The Morgan fingerprint density at radius 1 is 0.763 bits per heavy atom. The molecule has 7 heteroatoms. The zero-order valence-corrected chi connectivity index (χ0v) is 22.9. The highest BCUT2D eigenvalue weighted by atomic mass is 32.2. The molecule has 0 bridgehead atoms. The van der Waals surface area contributed by atoms with Crippen LogP contribution in [0.3, 0.4) is 0 Å². The fourth-order valence-corrected chi connectivity index (χ4v) is 5.90. The zero-order chi connectivity index (χ0) is 27.2.